The number of hydrogen-bond acceptors (Lipinski definition) is 8. The van der Waals surface area contributed by atoms with Crippen LogP contribution in [-0.2, 0) is 23.7 Å². The topological polar surface area (TPSA) is 121 Å². The van der Waals surface area contributed by atoms with Crippen LogP contribution in [0.1, 0.15) is 54.7 Å². The zero-order valence-corrected chi connectivity index (χ0v) is 24.3. The lowest BCUT2D eigenvalue weighted by atomic mass is 9.98. The van der Waals surface area contributed by atoms with Crippen molar-refractivity contribution < 1.29 is 28.8 Å². The van der Waals surface area contributed by atoms with Crippen molar-refractivity contribution in [2.24, 2.45) is 0 Å². The quantitative estimate of drug-likeness (QED) is 0.305. The highest BCUT2D eigenvalue weighted by molar-refractivity contribution is 6.74. The van der Waals surface area contributed by atoms with E-state index in [1.807, 2.05) is 26.2 Å². The van der Waals surface area contributed by atoms with Gasteiger partial charge in [-0.3, -0.25) is 23.5 Å². The summed E-state index contributed by atoms with van der Waals surface area (Å²) >= 11 is 0. The zero-order chi connectivity index (χ0) is 26.3. The van der Waals surface area contributed by atoms with Gasteiger partial charge in [-0.15, -0.1) is 0 Å². The number of nitrogens with one attached hydrogen (secondary N) is 1. The molecule has 1 saturated heterocycles. The lowest BCUT2D eigenvalue weighted by Gasteiger charge is -2.38. The molecule has 196 valence electrons. The minimum Gasteiger partial charge on any atom is -0.393 e. The van der Waals surface area contributed by atoms with Gasteiger partial charge in [-0.1, -0.05) is 41.5 Å². The van der Waals surface area contributed by atoms with Gasteiger partial charge in [0.1, 0.15) is 5.60 Å². The molecule has 12 heteroatoms. The Morgan fingerprint density at radius 2 is 1.53 bits per heavy atom. The summed E-state index contributed by atoms with van der Waals surface area (Å²) in [5.74, 6) is 0. The molecule has 2 rings (SSSR count). The van der Waals surface area contributed by atoms with E-state index >= 15 is 0 Å². The van der Waals surface area contributed by atoms with E-state index in [9.17, 15) is 14.7 Å². The standard InChI is InChI=1S/C22H42N2O8Si2/c1-20(2,3)33(8,9)31-29-16-17(30-32-34(10,11)21(4,5)6)22(7,14-25)28-18(16)24-13-12-15(26)23-19(24)27/h12-13,16-18,25H,14H2,1-11H3,(H,23,26,27)/t16-,17+,18+,22-/m0/s1. The number of H-pyrrole nitrogens is 1. The molecule has 0 saturated carbocycles. The Morgan fingerprint density at radius 3 is 1.97 bits per heavy atom. The Balaban J connectivity index is 2.49. The second-order valence-electron chi connectivity index (χ2n) is 12.3. The normalized spacial score (nSPS) is 26.8. The van der Waals surface area contributed by atoms with E-state index in [0.717, 1.165) is 0 Å². The third-order valence-electron chi connectivity index (χ3n) is 7.35. The van der Waals surface area contributed by atoms with E-state index in [1.165, 1.54) is 16.8 Å². The largest absolute Gasteiger partial charge is 0.393 e. The third-order valence-corrected chi connectivity index (χ3v) is 15.6. The summed E-state index contributed by atoms with van der Waals surface area (Å²) in [4.78, 5) is 38.4. The molecule has 34 heavy (non-hydrogen) atoms. The second kappa shape index (κ2) is 9.73. The zero-order valence-electron chi connectivity index (χ0n) is 22.3. The molecule has 0 amide bonds. The van der Waals surface area contributed by atoms with Crippen molar-refractivity contribution in [3.63, 3.8) is 0 Å². The van der Waals surface area contributed by atoms with Gasteiger partial charge in [0, 0.05) is 12.3 Å². The Kier molecular flexibility index (Phi) is 8.33. The molecule has 1 aromatic rings. The molecule has 0 unspecified atom stereocenters. The maximum absolute atomic E-state index is 12.6. The van der Waals surface area contributed by atoms with Crippen LogP contribution in [0.3, 0.4) is 0 Å². The van der Waals surface area contributed by atoms with Crippen molar-refractivity contribution in [2.45, 2.75) is 109 Å². The number of nitrogens with zero attached hydrogens (tertiary/aromatic N) is 1. The summed E-state index contributed by atoms with van der Waals surface area (Å²) in [6, 6.07) is 1.22. The Morgan fingerprint density at radius 1 is 1.03 bits per heavy atom. The monoisotopic (exact) mass is 518 g/mol. The highest BCUT2D eigenvalue weighted by Crippen LogP contribution is 2.44. The molecule has 1 fully saturated rings. The van der Waals surface area contributed by atoms with E-state index in [-0.39, 0.29) is 10.1 Å². The molecular weight excluding hydrogens is 476 g/mol. The van der Waals surface area contributed by atoms with E-state index in [0.29, 0.717) is 0 Å². The van der Waals surface area contributed by atoms with Crippen molar-refractivity contribution in [3.05, 3.63) is 33.1 Å². The van der Waals surface area contributed by atoms with Gasteiger partial charge in [0.15, 0.2) is 18.4 Å². The predicted octanol–water partition coefficient (Wildman–Crippen LogP) is 3.46. The van der Waals surface area contributed by atoms with Crippen LogP contribution in [0.5, 0.6) is 0 Å². The van der Waals surface area contributed by atoms with Crippen LogP contribution in [0.4, 0.5) is 0 Å². The van der Waals surface area contributed by atoms with Gasteiger partial charge < -0.3 is 9.84 Å². The maximum Gasteiger partial charge on any atom is 0.330 e. The van der Waals surface area contributed by atoms with E-state index < -0.39 is 58.5 Å². The highest BCUT2D eigenvalue weighted by atomic mass is 28.4. The van der Waals surface area contributed by atoms with Crippen molar-refractivity contribution in [1.82, 2.24) is 9.55 Å². The van der Waals surface area contributed by atoms with Crippen molar-refractivity contribution in [2.75, 3.05) is 6.61 Å². The smallest absolute Gasteiger partial charge is 0.330 e. The van der Waals surface area contributed by atoms with Gasteiger partial charge in [0.2, 0.25) is 16.6 Å². The van der Waals surface area contributed by atoms with Crippen LogP contribution >= 0.6 is 0 Å². The van der Waals surface area contributed by atoms with Crippen LogP contribution in [0, 0.1) is 0 Å². The lowest BCUT2D eigenvalue weighted by molar-refractivity contribution is -0.340. The number of aliphatic hydroxyl groups excluding tert-OH is 1. The van der Waals surface area contributed by atoms with Gasteiger partial charge in [-0.25, -0.2) is 14.6 Å². The average molecular weight is 519 g/mol. The van der Waals surface area contributed by atoms with E-state index in [2.05, 4.69) is 46.5 Å². The first-order chi connectivity index (χ1) is 15.3. The fourth-order valence-electron chi connectivity index (χ4n) is 2.73. The molecule has 1 aliphatic heterocycles. The van der Waals surface area contributed by atoms with Crippen LogP contribution in [0.25, 0.3) is 0 Å². The fourth-order valence-corrected chi connectivity index (χ4v) is 3.93. The minimum absolute atomic E-state index is 0.134. The number of aliphatic hydroxyl groups is 1. The number of aromatic amines is 1. The van der Waals surface area contributed by atoms with E-state index in [1.54, 1.807) is 6.92 Å². The van der Waals surface area contributed by atoms with Gasteiger partial charge in [-0.05, 0) is 43.2 Å². The number of aromatic nitrogens is 2. The molecule has 2 heterocycles. The highest BCUT2D eigenvalue weighted by Gasteiger charge is 2.58. The molecule has 0 bridgehead atoms. The van der Waals surface area contributed by atoms with E-state index in [4.69, 9.17) is 23.7 Å². The first-order valence-corrected chi connectivity index (χ1v) is 17.4. The molecular formula is C22H42N2O8Si2. The summed E-state index contributed by atoms with van der Waals surface area (Å²) < 4.78 is 19.4. The Labute approximate surface area is 203 Å². The first kappa shape index (κ1) is 29.1. The second-order valence-corrected chi connectivity index (χ2v) is 21.6. The molecule has 1 aromatic heterocycles. The van der Waals surface area contributed by atoms with Gasteiger partial charge >= 0.3 is 5.69 Å². The summed E-state index contributed by atoms with van der Waals surface area (Å²) in [6.45, 7) is 21.8. The minimum atomic E-state index is -2.37. The van der Waals surface area contributed by atoms with Gasteiger partial charge in [0.05, 0.1) is 6.61 Å². The summed E-state index contributed by atoms with van der Waals surface area (Å²) in [7, 11) is -4.72. The molecule has 1 aliphatic rings. The molecule has 10 nitrogen and oxygen atoms in total. The van der Waals surface area contributed by atoms with Crippen LogP contribution < -0.4 is 11.2 Å². The SMILES string of the molecule is CC(C)(C)[Si](C)(C)OO[C@@H]1[C@H](n2ccc(=O)[nH]c2=O)O[C@@](C)(CO)[C@@H]1OO[Si](C)(C)C(C)(C)C. The predicted molar refractivity (Wildman–Crippen MR) is 133 cm³/mol. The molecule has 2 N–H and O–H groups in total. The Hall–Kier alpha value is -1.13. The van der Waals surface area contributed by atoms with Crippen LogP contribution in [-0.4, -0.2) is 55.7 Å². The number of hydrogen-bond donors (Lipinski definition) is 2. The number of rotatable bonds is 8. The summed E-state index contributed by atoms with van der Waals surface area (Å²) in [6.07, 6.45) is -1.62. The summed E-state index contributed by atoms with van der Waals surface area (Å²) in [5, 5.41) is 9.97. The van der Waals surface area contributed by atoms with Crippen LogP contribution in [0.15, 0.2) is 21.9 Å². The molecule has 0 radical (unpaired) electrons. The van der Waals surface area contributed by atoms with Crippen LogP contribution in [0.2, 0.25) is 36.3 Å². The van der Waals surface area contributed by atoms with Crippen molar-refractivity contribution in [3.8, 4) is 0 Å². The van der Waals surface area contributed by atoms with Gasteiger partial charge in [0.25, 0.3) is 5.56 Å². The summed E-state index contributed by atoms with van der Waals surface area (Å²) in [5.41, 5.74) is -2.48. The fraction of sp³-hybridized carbons (Fsp3) is 0.818. The van der Waals surface area contributed by atoms with Crippen molar-refractivity contribution >= 4 is 16.6 Å². The number of ether oxygens (including phenoxy) is 1. The third kappa shape index (κ3) is 5.98. The maximum atomic E-state index is 12.6. The molecule has 0 spiro atoms. The molecule has 4 atom stereocenters. The average Bonchev–Trinajstić information content (AvgIpc) is 2.95. The first-order valence-electron chi connectivity index (χ1n) is 11.5. The lowest BCUT2D eigenvalue weighted by Crippen LogP contribution is -2.51. The van der Waals surface area contributed by atoms with Gasteiger partial charge in [-0.2, -0.15) is 0 Å². The Bertz CT molecular complexity index is 963. The van der Waals surface area contributed by atoms with Crippen molar-refractivity contribution in [1.29, 1.82) is 0 Å². The molecule has 0 aromatic carbocycles. The molecule has 0 aliphatic carbocycles.